The summed E-state index contributed by atoms with van der Waals surface area (Å²) in [6, 6.07) is 3.37. The molecule has 1 aromatic heterocycles. The number of rotatable bonds is 3. The minimum atomic E-state index is -4.54. The highest BCUT2D eigenvalue weighted by molar-refractivity contribution is 5.53. The molecule has 1 unspecified atom stereocenters. The molecule has 0 spiro atoms. The Bertz CT molecular complexity index is 509. The molecule has 1 heterocycles. The van der Waals surface area contributed by atoms with E-state index in [0.717, 1.165) is 12.1 Å². The van der Waals surface area contributed by atoms with Crippen LogP contribution in [0.2, 0.25) is 0 Å². The van der Waals surface area contributed by atoms with Crippen LogP contribution in [0.4, 0.5) is 19.0 Å². The molecule has 0 bridgehead atoms. The summed E-state index contributed by atoms with van der Waals surface area (Å²) in [5.74, 6) is 2.27. The van der Waals surface area contributed by atoms with E-state index in [1.807, 2.05) is 0 Å². The second kappa shape index (κ2) is 5.42. The third-order valence-corrected chi connectivity index (χ3v) is 2.11. The number of nitrogens with zero attached hydrogens (tertiary/aromatic N) is 2. The van der Waals surface area contributed by atoms with Crippen molar-refractivity contribution in [2.75, 3.05) is 5.32 Å². The summed E-state index contributed by atoms with van der Waals surface area (Å²) >= 11 is 0. The summed E-state index contributed by atoms with van der Waals surface area (Å²) in [6.07, 6.45) is 0.878. The molecule has 94 valence electrons. The van der Waals surface area contributed by atoms with Crippen LogP contribution in [0.3, 0.4) is 0 Å². The van der Waals surface area contributed by atoms with Gasteiger partial charge in [-0.3, -0.25) is 0 Å². The van der Waals surface area contributed by atoms with Crippen LogP contribution in [0, 0.1) is 23.7 Å². The van der Waals surface area contributed by atoms with E-state index in [4.69, 9.17) is 11.7 Å². The lowest BCUT2D eigenvalue weighted by atomic mass is 10.2. The molecule has 6 heteroatoms. The topological polar surface area (TPSA) is 48.7 Å². The molecule has 1 atom stereocenters. The highest BCUT2D eigenvalue weighted by Crippen LogP contribution is 2.29. The number of alkyl halides is 3. The normalized spacial score (nSPS) is 12.3. The fraction of sp³-hybridized carbons (Fsp3) is 0.333. The number of terminal acetylenes is 1. The van der Waals surface area contributed by atoms with E-state index in [1.54, 1.807) is 13.0 Å². The Morgan fingerprint density at radius 3 is 2.67 bits per heavy atom. The van der Waals surface area contributed by atoms with Crippen molar-refractivity contribution >= 4 is 5.82 Å². The van der Waals surface area contributed by atoms with Gasteiger partial charge in [0.1, 0.15) is 17.6 Å². The van der Waals surface area contributed by atoms with Crippen molar-refractivity contribution in [2.24, 2.45) is 0 Å². The molecular formula is C12H10F3N3. The molecule has 3 nitrogen and oxygen atoms in total. The first-order valence-corrected chi connectivity index (χ1v) is 5.06. The highest BCUT2D eigenvalue weighted by Gasteiger charge is 2.33. The van der Waals surface area contributed by atoms with Gasteiger partial charge >= 0.3 is 6.18 Å². The monoisotopic (exact) mass is 253 g/mol. The zero-order valence-corrected chi connectivity index (χ0v) is 9.54. The number of aromatic nitrogens is 1. The van der Waals surface area contributed by atoms with Crippen LogP contribution < -0.4 is 5.32 Å². The van der Waals surface area contributed by atoms with E-state index in [1.165, 1.54) is 0 Å². The Kier molecular flexibility index (Phi) is 4.17. The molecule has 18 heavy (non-hydrogen) atoms. The molecule has 0 aromatic carbocycles. The highest BCUT2D eigenvalue weighted by atomic mass is 19.4. The maximum Gasteiger partial charge on any atom is 0.433 e. The molecule has 0 aliphatic carbocycles. The van der Waals surface area contributed by atoms with Crippen molar-refractivity contribution in [3.8, 4) is 18.4 Å². The lowest BCUT2D eigenvalue weighted by molar-refractivity contribution is -0.141. The van der Waals surface area contributed by atoms with Gasteiger partial charge in [-0.2, -0.15) is 18.4 Å². The molecule has 0 saturated heterocycles. The second-order valence-corrected chi connectivity index (χ2v) is 3.66. The third kappa shape index (κ3) is 3.39. The number of hydrogen-bond donors (Lipinski definition) is 1. The molecule has 0 fully saturated rings. The Morgan fingerprint density at radius 2 is 2.17 bits per heavy atom. The predicted octanol–water partition coefficient (Wildman–Crippen LogP) is 2.80. The number of pyridine rings is 1. The smallest absolute Gasteiger partial charge is 0.366 e. The first-order valence-electron chi connectivity index (χ1n) is 5.06. The van der Waals surface area contributed by atoms with Crippen LogP contribution in [0.5, 0.6) is 0 Å². The van der Waals surface area contributed by atoms with E-state index in [9.17, 15) is 13.2 Å². The van der Waals surface area contributed by atoms with Crippen molar-refractivity contribution in [3.63, 3.8) is 0 Å². The van der Waals surface area contributed by atoms with Crippen LogP contribution >= 0.6 is 0 Å². The molecular weight excluding hydrogens is 243 g/mol. The standard InChI is InChI=1S/C12H10F3N3/c1-3-4-8(2)17-11-9(7-16)5-6-10(18-11)12(13,14)15/h1,5-6,8H,4H2,2H3,(H,17,18). The zero-order valence-electron chi connectivity index (χ0n) is 9.54. The van der Waals surface area contributed by atoms with Crippen LogP contribution in [-0.4, -0.2) is 11.0 Å². The van der Waals surface area contributed by atoms with Gasteiger partial charge in [-0.15, -0.1) is 12.3 Å². The number of halogens is 3. The van der Waals surface area contributed by atoms with Gasteiger partial charge in [0.05, 0.1) is 5.56 Å². The van der Waals surface area contributed by atoms with Crippen LogP contribution in [0.15, 0.2) is 12.1 Å². The number of anilines is 1. The third-order valence-electron chi connectivity index (χ3n) is 2.11. The molecule has 0 radical (unpaired) electrons. The molecule has 0 saturated carbocycles. The van der Waals surface area contributed by atoms with Crippen molar-refractivity contribution in [1.29, 1.82) is 5.26 Å². The lowest BCUT2D eigenvalue weighted by Crippen LogP contribution is -2.18. The van der Waals surface area contributed by atoms with Gasteiger partial charge < -0.3 is 5.32 Å². The first-order chi connectivity index (χ1) is 8.38. The van der Waals surface area contributed by atoms with Gasteiger partial charge in [0, 0.05) is 12.5 Å². The van der Waals surface area contributed by atoms with E-state index < -0.39 is 11.9 Å². The maximum atomic E-state index is 12.5. The van der Waals surface area contributed by atoms with Gasteiger partial charge in [-0.25, -0.2) is 4.98 Å². The van der Waals surface area contributed by atoms with Crippen molar-refractivity contribution < 1.29 is 13.2 Å². The quantitative estimate of drug-likeness (QED) is 0.842. The Labute approximate surface area is 103 Å². The Morgan fingerprint density at radius 1 is 1.50 bits per heavy atom. The van der Waals surface area contributed by atoms with Crippen molar-refractivity contribution in [3.05, 3.63) is 23.4 Å². The summed E-state index contributed by atoms with van der Waals surface area (Å²) < 4.78 is 37.5. The molecule has 1 rings (SSSR count). The van der Waals surface area contributed by atoms with Crippen molar-refractivity contribution in [1.82, 2.24) is 4.98 Å². The average Bonchev–Trinajstić information content (AvgIpc) is 2.28. The predicted molar refractivity (Wildman–Crippen MR) is 60.5 cm³/mol. The van der Waals surface area contributed by atoms with Gasteiger partial charge in [0.2, 0.25) is 0 Å². The average molecular weight is 253 g/mol. The maximum absolute atomic E-state index is 12.5. The second-order valence-electron chi connectivity index (χ2n) is 3.66. The van der Waals surface area contributed by atoms with E-state index >= 15 is 0 Å². The van der Waals surface area contributed by atoms with Gasteiger partial charge in [-0.1, -0.05) is 0 Å². The largest absolute Gasteiger partial charge is 0.433 e. The number of nitrogens with one attached hydrogen (secondary N) is 1. The van der Waals surface area contributed by atoms with Gasteiger partial charge in [0.25, 0.3) is 0 Å². The zero-order chi connectivity index (χ0) is 13.8. The Hall–Kier alpha value is -2.21. The lowest BCUT2D eigenvalue weighted by Gasteiger charge is -2.14. The fourth-order valence-electron chi connectivity index (χ4n) is 1.28. The summed E-state index contributed by atoms with van der Waals surface area (Å²) in [6.45, 7) is 1.70. The number of nitriles is 1. The van der Waals surface area contributed by atoms with Crippen molar-refractivity contribution in [2.45, 2.75) is 25.6 Å². The van der Waals surface area contributed by atoms with E-state index in [-0.39, 0.29) is 17.4 Å². The molecule has 0 amide bonds. The fourth-order valence-corrected chi connectivity index (χ4v) is 1.28. The molecule has 0 aliphatic heterocycles. The van der Waals surface area contributed by atoms with E-state index in [2.05, 4.69) is 16.2 Å². The molecule has 0 aliphatic rings. The minimum Gasteiger partial charge on any atom is -0.366 e. The van der Waals surface area contributed by atoms with Gasteiger partial charge in [-0.05, 0) is 19.1 Å². The SMILES string of the molecule is C#CCC(C)Nc1nc(C(F)(F)F)ccc1C#N. The summed E-state index contributed by atoms with van der Waals surface area (Å²) in [5.41, 5.74) is -0.997. The number of hydrogen-bond acceptors (Lipinski definition) is 3. The summed E-state index contributed by atoms with van der Waals surface area (Å²) in [7, 11) is 0. The minimum absolute atomic E-state index is 0.0480. The summed E-state index contributed by atoms with van der Waals surface area (Å²) in [4.78, 5) is 3.41. The first kappa shape index (κ1) is 13.9. The van der Waals surface area contributed by atoms with Crippen LogP contribution in [0.25, 0.3) is 0 Å². The van der Waals surface area contributed by atoms with E-state index in [0.29, 0.717) is 6.42 Å². The molecule has 1 N–H and O–H groups in total. The Balaban J connectivity index is 3.09. The summed E-state index contributed by atoms with van der Waals surface area (Å²) in [5, 5.41) is 11.5. The molecule has 1 aromatic rings. The van der Waals surface area contributed by atoms with Crippen LogP contribution in [0.1, 0.15) is 24.6 Å². The van der Waals surface area contributed by atoms with Crippen LogP contribution in [-0.2, 0) is 6.18 Å². The van der Waals surface area contributed by atoms with Gasteiger partial charge in [0.15, 0.2) is 0 Å².